The highest BCUT2D eigenvalue weighted by Gasteiger charge is 2.38. The SMILES string of the molecule is O=C(Nc1nc(C(=O)N2CCC2C(=O)O)cs1)OCC1c2ccccc2-c2ccccc21. The molecule has 8 nitrogen and oxygen atoms in total. The van der Waals surface area contributed by atoms with Gasteiger partial charge in [-0.25, -0.2) is 14.6 Å². The molecule has 0 saturated carbocycles. The number of aromatic nitrogens is 1. The fraction of sp³-hybridized carbons (Fsp3) is 0.217. The molecular formula is C23H19N3O5S. The van der Waals surface area contributed by atoms with E-state index in [2.05, 4.69) is 22.4 Å². The van der Waals surface area contributed by atoms with Crippen LogP contribution in [0, 0.1) is 0 Å². The number of aliphatic carboxylic acids is 1. The average molecular weight is 449 g/mol. The molecule has 1 saturated heterocycles. The van der Waals surface area contributed by atoms with E-state index in [9.17, 15) is 14.4 Å². The number of benzene rings is 2. The minimum absolute atomic E-state index is 0.0547. The number of carboxylic acid groups (broad SMARTS) is 1. The van der Waals surface area contributed by atoms with E-state index in [0.29, 0.717) is 13.0 Å². The zero-order chi connectivity index (χ0) is 22.2. The Bertz CT molecular complexity index is 1180. The minimum Gasteiger partial charge on any atom is -0.480 e. The van der Waals surface area contributed by atoms with Gasteiger partial charge in [0.1, 0.15) is 18.3 Å². The van der Waals surface area contributed by atoms with Crippen LogP contribution in [0.2, 0.25) is 0 Å². The Labute approximate surface area is 187 Å². The largest absolute Gasteiger partial charge is 0.480 e. The number of nitrogens with zero attached hydrogens (tertiary/aromatic N) is 2. The van der Waals surface area contributed by atoms with Gasteiger partial charge in [0, 0.05) is 17.8 Å². The number of ether oxygens (including phenoxy) is 1. The van der Waals surface area contributed by atoms with Crippen LogP contribution in [-0.4, -0.2) is 52.2 Å². The third-order valence-corrected chi connectivity index (χ3v) is 6.60. The molecular weight excluding hydrogens is 430 g/mol. The lowest BCUT2D eigenvalue weighted by Gasteiger charge is -2.37. The van der Waals surface area contributed by atoms with Gasteiger partial charge in [0.25, 0.3) is 5.91 Å². The second-order valence-corrected chi connectivity index (χ2v) is 8.49. The Balaban J connectivity index is 1.22. The van der Waals surface area contributed by atoms with Gasteiger partial charge in [0.15, 0.2) is 5.13 Å². The van der Waals surface area contributed by atoms with Crippen LogP contribution in [-0.2, 0) is 9.53 Å². The number of anilines is 1. The molecule has 1 aliphatic heterocycles. The van der Waals surface area contributed by atoms with E-state index in [1.807, 2.05) is 36.4 Å². The maximum absolute atomic E-state index is 12.4. The van der Waals surface area contributed by atoms with Crippen molar-refractivity contribution in [1.82, 2.24) is 9.88 Å². The van der Waals surface area contributed by atoms with Crippen molar-refractivity contribution in [3.63, 3.8) is 0 Å². The highest BCUT2D eigenvalue weighted by atomic mass is 32.1. The van der Waals surface area contributed by atoms with Crippen molar-refractivity contribution in [2.24, 2.45) is 0 Å². The fourth-order valence-electron chi connectivity index (χ4n) is 4.19. The molecule has 3 aromatic rings. The van der Waals surface area contributed by atoms with Gasteiger partial charge in [-0.1, -0.05) is 48.5 Å². The van der Waals surface area contributed by atoms with E-state index in [4.69, 9.17) is 9.84 Å². The molecule has 1 aromatic heterocycles. The molecule has 0 spiro atoms. The molecule has 0 bridgehead atoms. The number of thiazole rings is 1. The first-order valence-electron chi connectivity index (χ1n) is 10.1. The van der Waals surface area contributed by atoms with Gasteiger partial charge < -0.3 is 14.7 Å². The number of hydrogen-bond donors (Lipinski definition) is 2. The number of carbonyl (C=O) groups is 3. The minimum atomic E-state index is -1.03. The van der Waals surface area contributed by atoms with E-state index >= 15 is 0 Å². The fourth-order valence-corrected chi connectivity index (χ4v) is 4.86. The van der Waals surface area contributed by atoms with Crippen LogP contribution < -0.4 is 5.32 Å². The second kappa shape index (κ2) is 8.08. The molecule has 2 aromatic carbocycles. The molecule has 2 aliphatic rings. The number of rotatable bonds is 5. The normalized spacial score (nSPS) is 16.6. The summed E-state index contributed by atoms with van der Waals surface area (Å²) in [7, 11) is 0. The van der Waals surface area contributed by atoms with Gasteiger partial charge >= 0.3 is 12.1 Å². The lowest BCUT2D eigenvalue weighted by atomic mass is 9.98. The van der Waals surface area contributed by atoms with E-state index in [0.717, 1.165) is 33.6 Å². The van der Waals surface area contributed by atoms with E-state index < -0.39 is 24.0 Å². The summed E-state index contributed by atoms with van der Waals surface area (Å²) in [5.74, 6) is -1.54. The molecule has 1 fully saturated rings. The van der Waals surface area contributed by atoms with Gasteiger partial charge in [-0.3, -0.25) is 10.1 Å². The number of carbonyl (C=O) groups excluding carboxylic acids is 2. The third-order valence-electron chi connectivity index (χ3n) is 5.84. The summed E-state index contributed by atoms with van der Waals surface area (Å²) in [5.41, 5.74) is 4.63. The molecule has 0 radical (unpaired) electrons. The maximum atomic E-state index is 12.4. The first-order chi connectivity index (χ1) is 15.5. The molecule has 1 atom stereocenters. The van der Waals surface area contributed by atoms with Gasteiger partial charge in [-0.2, -0.15) is 0 Å². The van der Waals surface area contributed by atoms with Gasteiger partial charge in [0.2, 0.25) is 0 Å². The summed E-state index contributed by atoms with van der Waals surface area (Å²) in [5, 5.41) is 13.4. The lowest BCUT2D eigenvalue weighted by Crippen LogP contribution is -2.55. The summed E-state index contributed by atoms with van der Waals surface area (Å²) in [6, 6.07) is 15.3. The van der Waals surface area contributed by atoms with Crippen LogP contribution in [0.3, 0.4) is 0 Å². The van der Waals surface area contributed by atoms with Crippen molar-refractivity contribution in [3.8, 4) is 11.1 Å². The Morgan fingerprint density at radius 1 is 1.09 bits per heavy atom. The Hall–Kier alpha value is -3.72. The summed E-state index contributed by atoms with van der Waals surface area (Å²) < 4.78 is 5.49. The van der Waals surface area contributed by atoms with Gasteiger partial charge in [0.05, 0.1) is 0 Å². The molecule has 2 N–H and O–H groups in total. The van der Waals surface area contributed by atoms with Crippen LogP contribution in [0.4, 0.5) is 9.93 Å². The molecule has 1 aliphatic carbocycles. The molecule has 2 amide bonds. The summed E-state index contributed by atoms with van der Waals surface area (Å²) in [6.07, 6.45) is -0.233. The molecule has 9 heteroatoms. The van der Waals surface area contributed by atoms with Gasteiger partial charge in [-0.05, 0) is 28.7 Å². The van der Waals surface area contributed by atoms with E-state index in [-0.39, 0.29) is 23.4 Å². The molecule has 162 valence electrons. The van der Waals surface area contributed by atoms with Crippen LogP contribution in [0.1, 0.15) is 34.0 Å². The molecule has 5 rings (SSSR count). The molecule has 1 unspecified atom stereocenters. The van der Waals surface area contributed by atoms with Crippen molar-refractivity contribution in [2.75, 3.05) is 18.5 Å². The average Bonchev–Trinajstić information content (AvgIpc) is 3.34. The Kier molecular flexibility index (Phi) is 5.10. The quantitative estimate of drug-likeness (QED) is 0.613. The lowest BCUT2D eigenvalue weighted by molar-refractivity contribution is -0.146. The van der Waals surface area contributed by atoms with Crippen molar-refractivity contribution in [3.05, 3.63) is 70.7 Å². The Morgan fingerprint density at radius 3 is 2.34 bits per heavy atom. The molecule has 32 heavy (non-hydrogen) atoms. The number of carboxylic acids is 1. The van der Waals surface area contributed by atoms with Crippen LogP contribution >= 0.6 is 11.3 Å². The highest BCUT2D eigenvalue weighted by Crippen LogP contribution is 2.44. The van der Waals surface area contributed by atoms with Crippen LogP contribution in [0.25, 0.3) is 11.1 Å². The third kappa shape index (κ3) is 3.50. The maximum Gasteiger partial charge on any atom is 0.413 e. The summed E-state index contributed by atoms with van der Waals surface area (Å²) in [6.45, 7) is 0.549. The number of amides is 2. The number of fused-ring (bicyclic) bond motifs is 3. The smallest absolute Gasteiger partial charge is 0.413 e. The molecule has 2 heterocycles. The summed E-state index contributed by atoms with van der Waals surface area (Å²) in [4.78, 5) is 41.3. The van der Waals surface area contributed by atoms with Crippen LogP contribution in [0.5, 0.6) is 0 Å². The standard InChI is InChI=1S/C23H19N3O5S/c27-20(26-10-9-19(26)21(28)29)18-12-32-22(24-18)25-23(30)31-11-17-15-7-3-1-5-13(15)14-6-2-4-8-16(14)17/h1-8,12,17,19H,9-11H2,(H,28,29)(H,24,25,30). The number of hydrogen-bond acceptors (Lipinski definition) is 6. The second-order valence-electron chi connectivity index (χ2n) is 7.63. The number of nitrogens with one attached hydrogen (secondary N) is 1. The van der Waals surface area contributed by atoms with Crippen molar-refractivity contribution in [1.29, 1.82) is 0 Å². The van der Waals surface area contributed by atoms with E-state index in [1.165, 1.54) is 10.3 Å². The summed E-state index contributed by atoms with van der Waals surface area (Å²) >= 11 is 1.09. The predicted octanol–water partition coefficient (Wildman–Crippen LogP) is 3.80. The first kappa shape index (κ1) is 20.2. The van der Waals surface area contributed by atoms with Crippen molar-refractivity contribution in [2.45, 2.75) is 18.4 Å². The zero-order valence-electron chi connectivity index (χ0n) is 16.9. The Morgan fingerprint density at radius 2 is 1.75 bits per heavy atom. The number of likely N-dealkylation sites (tertiary alicyclic amines) is 1. The van der Waals surface area contributed by atoms with E-state index in [1.54, 1.807) is 0 Å². The predicted molar refractivity (Wildman–Crippen MR) is 118 cm³/mol. The topological polar surface area (TPSA) is 109 Å². The highest BCUT2D eigenvalue weighted by molar-refractivity contribution is 7.14. The van der Waals surface area contributed by atoms with Crippen molar-refractivity contribution >= 4 is 34.4 Å². The van der Waals surface area contributed by atoms with Gasteiger partial charge in [-0.15, -0.1) is 11.3 Å². The monoisotopic (exact) mass is 449 g/mol. The first-order valence-corrected chi connectivity index (χ1v) is 11.0. The zero-order valence-corrected chi connectivity index (χ0v) is 17.7. The van der Waals surface area contributed by atoms with Crippen molar-refractivity contribution < 1.29 is 24.2 Å². The van der Waals surface area contributed by atoms with Crippen LogP contribution in [0.15, 0.2) is 53.9 Å².